The van der Waals surface area contributed by atoms with Gasteiger partial charge in [-0.25, -0.2) is 0 Å². The number of halogens is 2. The first-order valence-electron chi connectivity index (χ1n) is 3.99. The van der Waals surface area contributed by atoms with Crippen LogP contribution in [0.5, 0.6) is 0 Å². The molecule has 0 spiro atoms. The fourth-order valence-corrected chi connectivity index (χ4v) is 1.22. The van der Waals surface area contributed by atoms with Crippen molar-refractivity contribution >= 4 is 11.6 Å². The summed E-state index contributed by atoms with van der Waals surface area (Å²) in [6.45, 7) is 0. The van der Waals surface area contributed by atoms with Gasteiger partial charge in [-0.2, -0.15) is 8.78 Å². The summed E-state index contributed by atoms with van der Waals surface area (Å²) in [4.78, 5) is 21.5. The molecular formula is C8H10F2O2. The van der Waals surface area contributed by atoms with Crippen molar-refractivity contribution in [3.63, 3.8) is 0 Å². The average Bonchev–Trinajstić information content (AvgIpc) is 2.01. The number of rotatable bonds is 0. The second-order valence-corrected chi connectivity index (χ2v) is 2.98. The summed E-state index contributed by atoms with van der Waals surface area (Å²) in [7, 11) is 0. The van der Waals surface area contributed by atoms with Gasteiger partial charge in [-0.15, -0.1) is 0 Å². The zero-order valence-corrected chi connectivity index (χ0v) is 6.61. The predicted molar refractivity (Wildman–Crippen MR) is 38.0 cm³/mol. The van der Waals surface area contributed by atoms with E-state index in [9.17, 15) is 18.4 Å². The third kappa shape index (κ3) is 1.68. The van der Waals surface area contributed by atoms with Crippen molar-refractivity contribution in [1.29, 1.82) is 0 Å². The Hall–Kier alpha value is -0.800. The SMILES string of the molecule is O=C1CCCCCC(=O)C1(F)F. The van der Waals surface area contributed by atoms with Crippen molar-refractivity contribution in [2.24, 2.45) is 0 Å². The molecule has 1 aliphatic rings. The van der Waals surface area contributed by atoms with Crippen molar-refractivity contribution in [2.45, 2.75) is 38.0 Å². The Morgan fingerprint density at radius 3 is 1.75 bits per heavy atom. The molecule has 0 aliphatic heterocycles. The van der Waals surface area contributed by atoms with Gasteiger partial charge in [0.25, 0.3) is 0 Å². The highest BCUT2D eigenvalue weighted by atomic mass is 19.3. The number of carbonyl (C=O) groups excluding carboxylic acids is 2. The van der Waals surface area contributed by atoms with Crippen molar-refractivity contribution in [3.8, 4) is 0 Å². The molecule has 0 N–H and O–H groups in total. The molecule has 0 unspecified atom stereocenters. The van der Waals surface area contributed by atoms with E-state index >= 15 is 0 Å². The molecule has 1 rings (SSSR count). The van der Waals surface area contributed by atoms with E-state index in [1.54, 1.807) is 0 Å². The Kier molecular flexibility index (Phi) is 2.55. The van der Waals surface area contributed by atoms with Crippen LogP contribution >= 0.6 is 0 Å². The van der Waals surface area contributed by atoms with E-state index in [0.29, 0.717) is 19.3 Å². The van der Waals surface area contributed by atoms with Crippen LogP contribution in [0, 0.1) is 0 Å². The Morgan fingerprint density at radius 2 is 1.33 bits per heavy atom. The van der Waals surface area contributed by atoms with Crippen LogP contribution < -0.4 is 0 Å². The van der Waals surface area contributed by atoms with Gasteiger partial charge in [0.1, 0.15) is 0 Å². The summed E-state index contributed by atoms with van der Waals surface area (Å²) < 4.78 is 25.5. The van der Waals surface area contributed by atoms with Crippen LogP contribution in [0.25, 0.3) is 0 Å². The lowest BCUT2D eigenvalue weighted by atomic mass is 9.96. The van der Waals surface area contributed by atoms with Gasteiger partial charge in [0, 0.05) is 12.8 Å². The van der Waals surface area contributed by atoms with Gasteiger partial charge in [0.05, 0.1) is 0 Å². The second-order valence-electron chi connectivity index (χ2n) is 2.98. The maximum atomic E-state index is 12.7. The molecule has 2 nitrogen and oxygen atoms in total. The minimum absolute atomic E-state index is 0.168. The molecular weight excluding hydrogens is 166 g/mol. The lowest BCUT2D eigenvalue weighted by molar-refractivity contribution is -0.157. The lowest BCUT2D eigenvalue weighted by Crippen LogP contribution is -2.38. The molecule has 1 saturated carbocycles. The van der Waals surface area contributed by atoms with Gasteiger partial charge in [-0.05, 0) is 12.8 Å². The molecule has 0 aromatic rings. The lowest BCUT2D eigenvalue weighted by Gasteiger charge is -2.15. The first kappa shape index (κ1) is 9.29. The number of Topliss-reactive ketones (excluding diaryl/α,β-unsaturated/α-hetero) is 2. The average molecular weight is 176 g/mol. The molecule has 68 valence electrons. The molecule has 0 aromatic carbocycles. The van der Waals surface area contributed by atoms with E-state index in [1.165, 1.54) is 0 Å². The van der Waals surface area contributed by atoms with E-state index in [1.807, 2.05) is 0 Å². The van der Waals surface area contributed by atoms with Gasteiger partial charge in [0.15, 0.2) is 0 Å². The number of alkyl halides is 2. The van der Waals surface area contributed by atoms with E-state index in [4.69, 9.17) is 0 Å². The molecule has 0 aromatic heterocycles. The van der Waals surface area contributed by atoms with Crippen LogP contribution in [0.15, 0.2) is 0 Å². The standard InChI is InChI=1S/C8H10F2O2/c9-8(10)6(11)4-2-1-3-5-7(8)12/h1-5H2. The van der Waals surface area contributed by atoms with Gasteiger partial charge >= 0.3 is 5.92 Å². The van der Waals surface area contributed by atoms with Crippen molar-refractivity contribution < 1.29 is 18.4 Å². The summed E-state index contributed by atoms with van der Waals surface area (Å²) in [5, 5.41) is 0. The van der Waals surface area contributed by atoms with E-state index in [2.05, 4.69) is 0 Å². The molecule has 12 heavy (non-hydrogen) atoms. The number of hydrogen-bond acceptors (Lipinski definition) is 2. The third-order valence-electron chi connectivity index (χ3n) is 2.01. The predicted octanol–water partition coefficient (Wildman–Crippen LogP) is 1.72. The fraction of sp³-hybridized carbons (Fsp3) is 0.750. The molecule has 0 saturated heterocycles. The van der Waals surface area contributed by atoms with Crippen molar-refractivity contribution in [2.75, 3.05) is 0 Å². The molecule has 0 atom stereocenters. The molecule has 0 amide bonds. The summed E-state index contributed by atoms with van der Waals surface area (Å²) >= 11 is 0. The van der Waals surface area contributed by atoms with Gasteiger partial charge in [-0.3, -0.25) is 9.59 Å². The smallest absolute Gasteiger partial charge is 0.292 e. The van der Waals surface area contributed by atoms with Crippen molar-refractivity contribution in [1.82, 2.24) is 0 Å². The summed E-state index contributed by atoms with van der Waals surface area (Å²) in [6.07, 6.45) is 1.30. The van der Waals surface area contributed by atoms with Gasteiger partial charge in [-0.1, -0.05) is 6.42 Å². The number of ketones is 2. The van der Waals surface area contributed by atoms with Crippen LogP contribution in [0.3, 0.4) is 0 Å². The van der Waals surface area contributed by atoms with Crippen LogP contribution in [-0.4, -0.2) is 17.5 Å². The van der Waals surface area contributed by atoms with E-state index < -0.39 is 17.5 Å². The van der Waals surface area contributed by atoms with Crippen LogP contribution in [0.2, 0.25) is 0 Å². The van der Waals surface area contributed by atoms with Crippen LogP contribution in [0.1, 0.15) is 32.1 Å². The Balaban J connectivity index is 2.76. The highest BCUT2D eigenvalue weighted by Gasteiger charge is 2.45. The minimum atomic E-state index is -3.71. The topological polar surface area (TPSA) is 34.1 Å². The van der Waals surface area contributed by atoms with E-state index in [-0.39, 0.29) is 12.8 Å². The molecule has 1 aliphatic carbocycles. The zero-order chi connectivity index (χ0) is 9.19. The summed E-state index contributed by atoms with van der Waals surface area (Å²) in [6, 6.07) is 0. The monoisotopic (exact) mass is 176 g/mol. The summed E-state index contributed by atoms with van der Waals surface area (Å²) in [5.41, 5.74) is 0. The molecule has 0 heterocycles. The molecule has 1 fully saturated rings. The highest BCUT2D eigenvalue weighted by molar-refractivity contribution is 6.08. The van der Waals surface area contributed by atoms with Gasteiger partial charge in [0.2, 0.25) is 11.6 Å². The molecule has 4 heteroatoms. The molecule has 0 radical (unpaired) electrons. The second kappa shape index (κ2) is 3.29. The van der Waals surface area contributed by atoms with E-state index in [0.717, 1.165) is 0 Å². The number of hydrogen-bond donors (Lipinski definition) is 0. The fourth-order valence-electron chi connectivity index (χ4n) is 1.22. The van der Waals surface area contributed by atoms with Crippen LogP contribution in [0.4, 0.5) is 8.78 Å². The highest BCUT2D eigenvalue weighted by Crippen LogP contribution is 2.25. The zero-order valence-electron chi connectivity index (χ0n) is 6.61. The minimum Gasteiger partial charge on any atom is -0.292 e. The quantitative estimate of drug-likeness (QED) is 0.526. The van der Waals surface area contributed by atoms with Crippen LogP contribution in [-0.2, 0) is 9.59 Å². The normalized spacial score (nSPS) is 24.8. The first-order chi connectivity index (χ1) is 5.55. The maximum absolute atomic E-state index is 12.7. The largest absolute Gasteiger partial charge is 0.362 e. The Morgan fingerprint density at radius 1 is 0.917 bits per heavy atom. The first-order valence-corrected chi connectivity index (χ1v) is 3.99. The number of carbonyl (C=O) groups is 2. The van der Waals surface area contributed by atoms with Gasteiger partial charge < -0.3 is 0 Å². The Labute approximate surface area is 68.9 Å². The Bertz CT molecular complexity index is 191. The third-order valence-corrected chi connectivity index (χ3v) is 2.01. The molecule has 0 bridgehead atoms. The summed E-state index contributed by atoms with van der Waals surface area (Å²) in [5.74, 6) is -6.14. The van der Waals surface area contributed by atoms with Crippen molar-refractivity contribution in [3.05, 3.63) is 0 Å². The maximum Gasteiger partial charge on any atom is 0.362 e.